The van der Waals surface area contributed by atoms with Crippen molar-refractivity contribution in [2.75, 3.05) is 12.0 Å². The maximum absolute atomic E-state index is 12.1. The van der Waals surface area contributed by atoms with Crippen LogP contribution in [-0.4, -0.2) is 24.2 Å². The summed E-state index contributed by atoms with van der Waals surface area (Å²) in [4.78, 5) is 15.1. The molecule has 0 spiro atoms. The van der Waals surface area contributed by atoms with E-state index in [0.29, 0.717) is 22.3 Å². The average molecular weight is 331 g/mol. The van der Waals surface area contributed by atoms with Gasteiger partial charge in [-0.3, -0.25) is 4.79 Å². The van der Waals surface area contributed by atoms with Crippen LogP contribution < -0.4 is 11.3 Å². The number of pyridine rings is 1. The van der Waals surface area contributed by atoms with Gasteiger partial charge < -0.3 is 15.3 Å². The highest BCUT2D eigenvalue weighted by atomic mass is 32.2. The Hall–Kier alpha value is -2.54. The lowest BCUT2D eigenvalue weighted by Crippen LogP contribution is -2.16. The number of hydrogen-bond donors (Lipinski definition) is 2. The number of anilines is 1. The van der Waals surface area contributed by atoms with Crippen molar-refractivity contribution in [2.45, 2.75) is 5.75 Å². The fraction of sp³-hybridized carbons (Fsp3) is 0.188. The van der Waals surface area contributed by atoms with Gasteiger partial charge in [0.05, 0.1) is 5.75 Å². The molecule has 0 amide bonds. The van der Waals surface area contributed by atoms with Crippen molar-refractivity contribution >= 4 is 26.4 Å². The highest BCUT2D eigenvalue weighted by Gasteiger charge is 2.14. The fourth-order valence-electron chi connectivity index (χ4n) is 2.71. The van der Waals surface area contributed by atoms with Gasteiger partial charge in [0.25, 0.3) is 5.56 Å². The summed E-state index contributed by atoms with van der Waals surface area (Å²) in [7, 11) is -1.47. The molecule has 0 fully saturated rings. The Labute approximate surface area is 133 Å². The van der Waals surface area contributed by atoms with Crippen molar-refractivity contribution < 1.29 is 8.42 Å². The molecule has 23 heavy (non-hydrogen) atoms. The number of nitrogens with two attached hydrogens (primary N) is 1. The first-order valence-electron chi connectivity index (χ1n) is 6.99. The number of rotatable bonds is 3. The molecule has 1 aromatic carbocycles. The van der Waals surface area contributed by atoms with Gasteiger partial charge in [0, 0.05) is 47.9 Å². The third-order valence-corrected chi connectivity index (χ3v) is 4.59. The van der Waals surface area contributed by atoms with Crippen LogP contribution in [0.25, 0.3) is 22.0 Å². The molecular formula is C16H17N3O3S. The molecule has 3 aromatic rings. The molecule has 0 saturated heterocycles. The van der Waals surface area contributed by atoms with Gasteiger partial charge in [0.15, 0.2) is 9.84 Å². The second-order valence-corrected chi connectivity index (χ2v) is 7.86. The second kappa shape index (κ2) is 5.27. The molecular weight excluding hydrogens is 314 g/mol. The SMILES string of the molecule is Cn1cc(-c2cc(CS(C)(=O)=O)ccc2N)c2cc[nH]c2c1=O. The average Bonchev–Trinajstić information content (AvgIpc) is 2.93. The summed E-state index contributed by atoms with van der Waals surface area (Å²) in [5.41, 5.74) is 9.15. The van der Waals surface area contributed by atoms with E-state index in [9.17, 15) is 13.2 Å². The normalized spacial score (nSPS) is 11.9. The highest BCUT2D eigenvalue weighted by molar-refractivity contribution is 7.89. The number of benzene rings is 1. The van der Waals surface area contributed by atoms with E-state index in [2.05, 4.69) is 4.98 Å². The summed E-state index contributed by atoms with van der Waals surface area (Å²) in [5, 5.41) is 0.760. The highest BCUT2D eigenvalue weighted by Crippen LogP contribution is 2.32. The van der Waals surface area contributed by atoms with Gasteiger partial charge in [-0.2, -0.15) is 0 Å². The molecule has 0 radical (unpaired) electrons. The molecule has 7 heteroatoms. The molecule has 0 aliphatic heterocycles. The maximum Gasteiger partial charge on any atom is 0.274 e. The van der Waals surface area contributed by atoms with E-state index in [4.69, 9.17) is 5.73 Å². The first kappa shape index (κ1) is 15.4. The second-order valence-electron chi connectivity index (χ2n) is 5.72. The topological polar surface area (TPSA) is 97.9 Å². The van der Waals surface area contributed by atoms with Crippen molar-refractivity contribution in [3.63, 3.8) is 0 Å². The molecule has 6 nitrogen and oxygen atoms in total. The number of hydrogen-bond acceptors (Lipinski definition) is 4. The van der Waals surface area contributed by atoms with Crippen LogP contribution in [0.2, 0.25) is 0 Å². The summed E-state index contributed by atoms with van der Waals surface area (Å²) in [6, 6.07) is 6.98. The van der Waals surface area contributed by atoms with Crippen LogP contribution in [0.3, 0.4) is 0 Å². The predicted octanol–water partition coefficient (Wildman–Crippen LogP) is 1.66. The van der Waals surface area contributed by atoms with Gasteiger partial charge in [0.2, 0.25) is 0 Å². The zero-order valence-electron chi connectivity index (χ0n) is 12.8. The molecule has 0 saturated carbocycles. The van der Waals surface area contributed by atoms with Gasteiger partial charge >= 0.3 is 0 Å². The summed E-state index contributed by atoms with van der Waals surface area (Å²) < 4.78 is 24.5. The minimum absolute atomic E-state index is 0.0533. The van der Waals surface area contributed by atoms with Crippen LogP contribution in [0.4, 0.5) is 5.69 Å². The molecule has 2 aromatic heterocycles. The maximum atomic E-state index is 12.1. The van der Waals surface area contributed by atoms with E-state index in [1.165, 1.54) is 10.8 Å². The summed E-state index contributed by atoms with van der Waals surface area (Å²) in [6.45, 7) is 0. The Morgan fingerprint density at radius 1 is 1.22 bits per heavy atom. The van der Waals surface area contributed by atoms with Gasteiger partial charge in [-0.1, -0.05) is 6.07 Å². The van der Waals surface area contributed by atoms with Crippen LogP contribution in [0.15, 0.2) is 41.5 Å². The van der Waals surface area contributed by atoms with Crippen molar-refractivity contribution in [3.05, 3.63) is 52.6 Å². The molecule has 0 aliphatic carbocycles. The van der Waals surface area contributed by atoms with E-state index < -0.39 is 9.84 Å². The van der Waals surface area contributed by atoms with Crippen LogP contribution in [0.5, 0.6) is 0 Å². The van der Waals surface area contributed by atoms with E-state index >= 15 is 0 Å². The van der Waals surface area contributed by atoms with E-state index in [0.717, 1.165) is 10.9 Å². The third kappa shape index (κ3) is 2.87. The molecule has 3 rings (SSSR count). The van der Waals surface area contributed by atoms with Gasteiger partial charge in [-0.05, 0) is 23.8 Å². The Morgan fingerprint density at radius 3 is 2.65 bits per heavy atom. The molecule has 0 unspecified atom stereocenters. The van der Waals surface area contributed by atoms with E-state index in [-0.39, 0.29) is 11.3 Å². The van der Waals surface area contributed by atoms with Crippen molar-refractivity contribution in [2.24, 2.45) is 7.05 Å². The van der Waals surface area contributed by atoms with Crippen LogP contribution >= 0.6 is 0 Å². The first-order chi connectivity index (χ1) is 10.8. The Bertz CT molecular complexity index is 1060. The zero-order chi connectivity index (χ0) is 16.8. The van der Waals surface area contributed by atoms with Crippen LogP contribution in [-0.2, 0) is 22.6 Å². The van der Waals surface area contributed by atoms with Crippen LogP contribution in [0, 0.1) is 0 Å². The monoisotopic (exact) mass is 331 g/mol. The number of aromatic nitrogens is 2. The quantitative estimate of drug-likeness (QED) is 0.713. The minimum Gasteiger partial charge on any atom is -0.398 e. The molecule has 120 valence electrons. The van der Waals surface area contributed by atoms with Crippen molar-refractivity contribution in [3.8, 4) is 11.1 Å². The number of aromatic amines is 1. The van der Waals surface area contributed by atoms with Crippen molar-refractivity contribution in [1.82, 2.24) is 9.55 Å². The zero-order valence-corrected chi connectivity index (χ0v) is 13.6. The third-order valence-electron chi connectivity index (χ3n) is 3.73. The van der Waals surface area contributed by atoms with Gasteiger partial charge in [-0.25, -0.2) is 8.42 Å². The predicted molar refractivity (Wildman–Crippen MR) is 91.9 cm³/mol. The van der Waals surface area contributed by atoms with Crippen molar-refractivity contribution in [1.29, 1.82) is 0 Å². The minimum atomic E-state index is -3.14. The summed E-state index contributed by atoms with van der Waals surface area (Å²) >= 11 is 0. The lowest BCUT2D eigenvalue weighted by atomic mass is 10.00. The molecule has 0 atom stereocenters. The number of H-pyrrole nitrogens is 1. The Kier molecular flexibility index (Phi) is 3.52. The molecule has 3 N–H and O–H groups in total. The Balaban J connectivity index is 2.27. The lowest BCUT2D eigenvalue weighted by Gasteiger charge is -2.11. The summed E-state index contributed by atoms with van der Waals surface area (Å²) in [6.07, 6.45) is 4.61. The Morgan fingerprint density at radius 2 is 1.96 bits per heavy atom. The molecule has 0 aliphatic rings. The number of sulfone groups is 1. The fourth-order valence-corrected chi connectivity index (χ4v) is 3.50. The smallest absolute Gasteiger partial charge is 0.274 e. The number of nitrogen functional groups attached to an aromatic ring is 1. The largest absolute Gasteiger partial charge is 0.398 e. The molecule has 2 heterocycles. The first-order valence-corrected chi connectivity index (χ1v) is 9.05. The van der Waals surface area contributed by atoms with E-state index in [1.54, 1.807) is 37.6 Å². The number of nitrogens with zero attached hydrogens (tertiary/aromatic N) is 1. The number of nitrogens with one attached hydrogen (secondary N) is 1. The van der Waals surface area contributed by atoms with Gasteiger partial charge in [-0.15, -0.1) is 0 Å². The molecule has 0 bridgehead atoms. The summed E-state index contributed by atoms with van der Waals surface area (Å²) in [5.74, 6) is -0.0533. The number of fused-ring (bicyclic) bond motifs is 1. The van der Waals surface area contributed by atoms with Gasteiger partial charge in [0.1, 0.15) is 5.52 Å². The standard InChI is InChI=1S/C16H17N3O3S/c1-19-8-13(11-5-6-18-15(11)16(19)20)12-7-10(3-4-14(12)17)9-23(2,21)22/h3-8,18H,9,17H2,1-2H3. The van der Waals surface area contributed by atoms with E-state index in [1.807, 2.05) is 6.07 Å². The number of aryl methyl sites for hydroxylation is 1. The lowest BCUT2D eigenvalue weighted by molar-refractivity contribution is 0.601. The van der Waals surface area contributed by atoms with Crippen LogP contribution in [0.1, 0.15) is 5.56 Å².